The molecule has 0 aromatic heterocycles. The Hall–Kier alpha value is -2.72. The van der Waals surface area contributed by atoms with E-state index in [4.69, 9.17) is 4.74 Å². The SMILES string of the molecule is CCOC(=O)[C@@]1(C#N)[C@@H](c2cccc(F)c2)[C@@H]1S(=O)(=O)c1ccccc1. The third kappa shape index (κ3) is 2.67. The van der Waals surface area contributed by atoms with Gasteiger partial charge in [0.15, 0.2) is 15.3 Å². The van der Waals surface area contributed by atoms with E-state index >= 15 is 0 Å². The molecule has 3 rings (SSSR count). The molecule has 0 radical (unpaired) electrons. The van der Waals surface area contributed by atoms with Gasteiger partial charge in [0.05, 0.1) is 17.6 Å². The third-order valence-electron chi connectivity index (χ3n) is 4.55. The predicted octanol–water partition coefficient (Wildman–Crippen LogP) is 2.84. The van der Waals surface area contributed by atoms with E-state index in [9.17, 15) is 22.9 Å². The zero-order valence-electron chi connectivity index (χ0n) is 13.9. The quantitative estimate of drug-likeness (QED) is 0.753. The second-order valence-corrected chi connectivity index (χ2v) is 8.08. The Morgan fingerprint density at radius 1 is 1.23 bits per heavy atom. The van der Waals surface area contributed by atoms with Crippen LogP contribution in [0.5, 0.6) is 0 Å². The molecule has 0 saturated heterocycles. The number of hydrogen-bond acceptors (Lipinski definition) is 5. The fraction of sp³-hybridized carbons (Fsp3) is 0.263. The number of carbonyl (C=O) groups excluding carboxylic acids is 1. The van der Waals surface area contributed by atoms with Crippen molar-refractivity contribution in [3.8, 4) is 6.07 Å². The molecule has 134 valence electrons. The highest BCUT2D eigenvalue weighted by Crippen LogP contribution is 2.64. The van der Waals surface area contributed by atoms with Crippen molar-refractivity contribution in [3.63, 3.8) is 0 Å². The monoisotopic (exact) mass is 373 g/mol. The average molecular weight is 373 g/mol. The normalized spacial score (nSPS) is 24.5. The van der Waals surface area contributed by atoms with E-state index < -0.39 is 38.2 Å². The van der Waals surface area contributed by atoms with Crippen molar-refractivity contribution in [1.29, 1.82) is 5.26 Å². The molecule has 0 aliphatic heterocycles. The highest BCUT2D eigenvalue weighted by Gasteiger charge is 2.77. The van der Waals surface area contributed by atoms with Crippen molar-refractivity contribution in [2.24, 2.45) is 5.41 Å². The van der Waals surface area contributed by atoms with Gasteiger partial charge in [-0.05, 0) is 36.8 Å². The molecule has 1 aliphatic carbocycles. The fourth-order valence-electron chi connectivity index (χ4n) is 3.35. The Bertz CT molecular complexity index is 984. The van der Waals surface area contributed by atoms with E-state index in [0.717, 1.165) is 6.07 Å². The third-order valence-corrected chi connectivity index (χ3v) is 6.79. The van der Waals surface area contributed by atoms with Gasteiger partial charge in [0, 0.05) is 5.92 Å². The summed E-state index contributed by atoms with van der Waals surface area (Å²) in [6.45, 7) is 1.58. The summed E-state index contributed by atoms with van der Waals surface area (Å²) >= 11 is 0. The summed E-state index contributed by atoms with van der Waals surface area (Å²) in [5.41, 5.74) is -1.61. The minimum atomic E-state index is -4.00. The number of carbonyl (C=O) groups is 1. The molecule has 1 saturated carbocycles. The first kappa shape index (κ1) is 18.1. The summed E-state index contributed by atoms with van der Waals surface area (Å²) in [6.07, 6.45) is 0. The van der Waals surface area contributed by atoms with E-state index in [1.165, 1.54) is 30.3 Å². The standard InChI is InChI=1S/C19H16FNO4S/c1-2-25-18(22)19(12-21)16(13-7-6-8-14(20)11-13)17(19)26(23,24)15-9-4-3-5-10-15/h3-11,16-17H,2H2,1H3/t16-,17-,19-/m0/s1. The van der Waals surface area contributed by atoms with Crippen molar-refractivity contribution >= 4 is 15.8 Å². The minimum absolute atomic E-state index is 0.00725. The molecule has 0 bridgehead atoms. The summed E-state index contributed by atoms with van der Waals surface area (Å²) in [7, 11) is -4.00. The maximum atomic E-state index is 13.7. The van der Waals surface area contributed by atoms with Crippen molar-refractivity contribution in [2.45, 2.75) is 23.0 Å². The van der Waals surface area contributed by atoms with Crippen molar-refractivity contribution in [1.82, 2.24) is 0 Å². The van der Waals surface area contributed by atoms with Crippen LogP contribution in [0.2, 0.25) is 0 Å². The van der Waals surface area contributed by atoms with Crippen LogP contribution >= 0.6 is 0 Å². The summed E-state index contributed by atoms with van der Waals surface area (Å²) in [5.74, 6) is -2.46. The molecule has 7 heteroatoms. The molecule has 1 fully saturated rings. The van der Waals surface area contributed by atoms with Crippen molar-refractivity contribution in [2.75, 3.05) is 6.61 Å². The Morgan fingerprint density at radius 3 is 2.50 bits per heavy atom. The first-order valence-electron chi connectivity index (χ1n) is 8.02. The van der Waals surface area contributed by atoms with E-state index in [0.29, 0.717) is 0 Å². The highest BCUT2D eigenvalue weighted by molar-refractivity contribution is 7.92. The number of benzene rings is 2. The lowest BCUT2D eigenvalue weighted by Gasteiger charge is -2.09. The van der Waals surface area contributed by atoms with Crippen LogP contribution in [0.3, 0.4) is 0 Å². The van der Waals surface area contributed by atoms with Gasteiger partial charge >= 0.3 is 5.97 Å². The molecule has 2 aromatic carbocycles. The Labute approximate surface area is 150 Å². The van der Waals surface area contributed by atoms with Gasteiger partial charge in [-0.25, -0.2) is 12.8 Å². The number of esters is 1. The van der Waals surface area contributed by atoms with E-state index in [1.54, 1.807) is 25.1 Å². The first-order chi connectivity index (χ1) is 12.4. The molecule has 1 aliphatic rings. The molecule has 0 spiro atoms. The lowest BCUT2D eigenvalue weighted by atomic mass is 10.0. The Balaban J connectivity index is 2.15. The van der Waals surface area contributed by atoms with Gasteiger partial charge in [0.25, 0.3) is 0 Å². The lowest BCUT2D eigenvalue weighted by Crippen LogP contribution is -2.25. The summed E-state index contributed by atoms with van der Waals surface area (Å²) < 4.78 is 44.8. The first-order valence-corrected chi connectivity index (χ1v) is 9.57. The lowest BCUT2D eigenvalue weighted by molar-refractivity contribution is -0.147. The molecule has 0 unspecified atom stereocenters. The number of hydrogen-bond donors (Lipinski definition) is 0. The number of nitrogens with zero attached hydrogens (tertiary/aromatic N) is 1. The molecule has 5 nitrogen and oxygen atoms in total. The van der Waals surface area contributed by atoms with Crippen LogP contribution in [0, 0.1) is 22.6 Å². The zero-order valence-corrected chi connectivity index (χ0v) is 14.7. The smallest absolute Gasteiger partial charge is 0.328 e. The van der Waals surface area contributed by atoms with Crippen molar-refractivity contribution in [3.05, 3.63) is 66.0 Å². The largest absolute Gasteiger partial charge is 0.465 e. The number of ether oxygens (including phenoxy) is 1. The summed E-state index contributed by atoms with van der Waals surface area (Å²) in [4.78, 5) is 12.5. The zero-order chi connectivity index (χ0) is 18.9. The molecular formula is C19H16FNO4S. The molecular weight excluding hydrogens is 357 g/mol. The molecule has 0 heterocycles. The van der Waals surface area contributed by atoms with Crippen LogP contribution in [-0.4, -0.2) is 26.2 Å². The van der Waals surface area contributed by atoms with Crippen LogP contribution in [0.25, 0.3) is 0 Å². The van der Waals surface area contributed by atoms with E-state index in [2.05, 4.69) is 0 Å². The second-order valence-electron chi connectivity index (χ2n) is 6.01. The maximum absolute atomic E-state index is 13.7. The fourth-order valence-corrected chi connectivity index (χ4v) is 5.61. The van der Waals surface area contributed by atoms with Gasteiger partial charge in [-0.2, -0.15) is 5.26 Å². The highest BCUT2D eigenvalue weighted by atomic mass is 32.2. The number of rotatable bonds is 5. The van der Waals surface area contributed by atoms with Crippen LogP contribution in [0.1, 0.15) is 18.4 Å². The van der Waals surface area contributed by atoms with E-state index in [-0.39, 0.29) is 17.1 Å². The van der Waals surface area contributed by atoms with Crippen LogP contribution in [0.4, 0.5) is 4.39 Å². The van der Waals surface area contributed by atoms with Crippen molar-refractivity contribution < 1.29 is 22.3 Å². The molecule has 3 atom stereocenters. The Kier molecular flexibility index (Phi) is 4.55. The van der Waals surface area contributed by atoms with Gasteiger partial charge < -0.3 is 4.74 Å². The Morgan fingerprint density at radius 2 is 1.92 bits per heavy atom. The van der Waals surface area contributed by atoms with Gasteiger partial charge in [0.2, 0.25) is 0 Å². The summed E-state index contributed by atoms with van der Waals surface area (Å²) in [5, 5.41) is 8.40. The van der Waals surface area contributed by atoms with Crippen LogP contribution in [0.15, 0.2) is 59.5 Å². The average Bonchev–Trinajstić information content (AvgIpc) is 3.34. The predicted molar refractivity (Wildman–Crippen MR) is 91.2 cm³/mol. The molecule has 0 amide bonds. The molecule has 26 heavy (non-hydrogen) atoms. The molecule has 2 aromatic rings. The van der Waals surface area contributed by atoms with Crippen LogP contribution < -0.4 is 0 Å². The minimum Gasteiger partial charge on any atom is -0.465 e. The second kappa shape index (κ2) is 6.54. The van der Waals surface area contributed by atoms with Crippen LogP contribution in [-0.2, 0) is 19.4 Å². The number of halogens is 1. The van der Waals surface area contributed by atoms with Gasteiger partial charge in [-0.15, -0.1) is 0 Å². The topological polar surface area (TPSA) is 84.2 Å². The van der Waals surface area contributed by atoms with E-state index in [1.807, 2.05) is 6.07 Å². The number of sulfone groups is 1. The maximum Gasteiger partial charge on any atom is 0.328 e. The van der Waals surface area contributed by atoms with Gasteiger partial charge in [-0.3, -0.25) is 4.79 Å². The summed E-state index contributed by atoms with van der Waals surface area (Å²) in [6, 6.07) is 14.7. The van der Waals surface area contributed by atoms with Gasteiger partial charge in [-0.1, -0.05) is 30.3 Å². The van der Waals surface area contributed by atoms with Gasteiger partial charge in [0.1, 0.15) is 11.1 Å². The number of nitriles is 1. The molecule has 0 N–H and O–H groups in total.